The molecule has 0 radical (unpaired) electrons. The van der Waals surface area contributed by atoms with Crippen LogP contribution in [0.4, 0.5) is 0 Å². The van der Waals surface area contributed by atoms with Crippen molar-refractivity contribution in [2.75, 3.05) is 37.9 Å². The highest BCUT2D eigenvalue weighted by molar-refractivity contribution is 7.99. The predicted octanol–water partition coefficient (Wildman–Crippen LogP) is 1.99. The van der Waals surface area contributed by atoms with Crippen LogP contribution in [0.15, 0.2) is 0 Å². The lowest BCUT2D eigenvalue weighted by molar-refractivity contribution is 0.437. The average molecular weight is 205 g/mol. The van der Waals surface area contributed by atoms with Crippen molar-refractivity contribution in [3.63, 3.8) is 0 Å². The van der Waals surface area contributed by atoms with Gasteiger partial charge in [0.15, 0.2) is 0 Å². The molecule has 12 heavy (non-hydrogen) atoms. The number of nitrogens with zero attached hydrogens (tertiary/aromatic N) is 1. The number of rotatable bonds is 6. The zero-order chi connectivity index (χ0) is 9.03. The second-order valence-electron chi connectivity index (χ2n) is 4.01. The quantitative estimate of drug-likeness (QED) is 0.522. The van der Waals surface area contributed by atoms with Gasteiger partial charge in [0.25, 0.3) is 0 Å². The number of hydrogen-bond donors (Lipinski definition) is 1. The normalized spacial score (nSPS) is 20.0. The van der Waals surface area contributed by atoms with Crippen LogP contribution in [0.2, 0.25) is 0 Å². The number of hydrogen-bond acceptors (Lipinski definition) is 3. The number of thiol groups is 1. The molecule has 0 N–H and O–H groups in total. The third kappa shape index (κ3) is 3.58. The van der Waals surface area contributed by atoms with E-state index in [1.54, 1.807) is 0 Å². The first-order chi connectivity index (χ1) is 5.68. The highest BCUT2D eigenvalue weighted by Crippen LogP contribution is 2.48. The van der Waals surface area contributed by atoms with E-state index in [-0.39, 0.29) is 0 Å². The van der Waals surface area contributed by atoms with Gasteiger partial charge in [-0.15, -0.1) is 0 Å². The fourth-order valence-corrected chi connectivity index (χ4v) is 3.10. The molecular formula is C9H19NS2. The molecule has 0 aromatic heterocycles. The first-order valence-electron chi connectivity index (χ1n) is 4.52. The zero-order valence-electron chi connectivity index (χ0n) is 8.05. The molecule has 3 heteroatoms. The maximum atomic E-state index is 4.38. The molecule has 1 fully saturated rings. The van der Waals surface area contributed by atoms with Gasteiger partial charge in [-0.2, -0.15) is 24.4 Å². The minimum atomic E-state index is 0.639. The van der Waals surface area contributed by atoms with Crippen LogP contribution in [0.1, 0.15) is 12.8 Å². The van der Waals surface area contributed by atoms with E-state index in [4.69, 9.17) is 0 Å². The van der Waals surface area contributed by atoms with Crippen molar-refractivity contribution in [3.8, 4) is 0 Å². The standard InChI is InChI=1S/C9H19NS2/c1-10(2)5-6-12-8-9(7-11)3-4-9/h11H,3-8H2,1-2H3. The van der Waals surface area contributed by atoms with E-state index in [1.165, 1.54) is 30.9 Å². The third-order valence-corrected chi connectivity index (χ3v) is 4.34. The van der Waals surface area contributed by atoms with Gasteiger partial charge in [-0.1, -0.05) is 0 Å². The zero-order valence-corrected chi connectivity index (χ0v) is 9.76. The molecule has 1 aliphatic carbocycles. The largest absolute Gasteiger partial charge is 0.309 e. The molecule has 1 rings (SSSR count). The van der Waals surface area contributed by atoms with Crippen LogP contribution in [-0.2, 0) is 0 Å². The minimum Gasteiger partial charge on any atom is -0.309 e. The van der Waals surface area contributed by atoms with Crippen molar-refractivity contribution in [3.05, 3.63) is 0 Å². The Morgan fingerprint density at radius 3 is 2.50 bits per heavy atom. The first kappa shape index (κ1) is 10.7. The van der Waals surface area contributed by atoms with Gasteiger partial charge in [-0.3, -0.25) is 0 Å². The van der Waals surface area contributed by atoms with Gasteiger partial charge < -0.3 is 4.90 Å². The Balaban J connectivity index is 1.95. The monoisotopic (exact) mass is 205 g/mol. The first-order valence-corrected chi connectivity index (χ1v) is 6.31. The Labute approximate surface area is 85.7 Å². The molecule has 0 saturated heterocycles. The van der Waals surface area contributed by atoms with E-state index < -0.39 is 0 Å². The van der Waals surface area contributed by atoms with Gasteiger partial charge in [0.05, 0.1) is 0 Å². The van der Waals surface area contributed by atoms with Gasteiger partial charge >= 0.3 is 0 Å². The summed E-state index contributed by atoms with van der Waals surface area (Å²) < 4.78 is 0. The molecule has 0 aliphatic heterocycles. The molecule has 0 bridgehead atoms. The van der Waals surface area contributed by atoms with E-state index in [0.717, 1.165) is 5.75 Å². The summed E-state index contributed by atoms with van der Waals surface area (Å²) in [5, 5.41) is 0. The van der Waals surface area contributed by atoms with E-state index in [1.807, 2.05) is 0 Å². The Kier molecular flexibility index (Phi) is 4.27. The molecule has 1 saturated carbocycles. The second-order valence-corrected chi connectivity index (χ2v) is 5.44. The van der Waals surface area contributed by atoms with Gasteiger partial charge in [-0.05, 0) is 43.9 Å². The second kappa shape index (κ2) is 4.77. The van der Waals surface area contributed by atoms with Crippen LogP contribution in [-0.4, -0.2) is 42.8 Å². The molecule has 0 amide bonds. The molecule has 0 heterocycles. The van der Waals surface area contributed by atoms with E-state index >= 15 is 0 Å². The predicted molar refractivity (Wildman–Crippen MR) is 61.4 cm³/mol. The lowest BCUT2D eigenvalue weighted by Crippen LogP contribution is -2.16. The van der Waals surface area contributed by atoms with Crippen molar-refractivity contribution < 1.29 is 0 Å². The van der Waals surface area contributed by atoms with Gasteiger partial charge in [0.1, 0.15) is 0 Å². The topological polar surface area (TPSA) is 3.24 Å². The molecule has 72 valence electrons. The molecule has 1 nitrogen and oxygen atoms in total. The van der Waals surface area contributed by atoms with Crippen molar-refractivity contribution in [2.45, 2.75) is 12.8 Å². The molecule has 0 aromatic rings. The Morgan fingerprint density at radius 1 is 1.42 bits per heavy atom. The van der Waals surface area contributed by atoms with Crippen molar-refractivity contribution in [2.24, 2.45) is 5.41 Å². The maximum absolute atomic E-state index is 4.38. The summed E-state index contributed by atoms with van der Waals surface area (Å²) in [5.41, 5.74) is 0.639. The van der Waals surface area contributed by atoms with Gasteiger partial charge in [-0.25, -0.2) is 0 Å². The smallest absolute Gasteiger partial charge is 0.00662 e. The van der Waals surface area contributed by atoms with Gasteiger partial charge in [0.2, 0.25) is 0 Å². The average Bonchev–Trinajstić information content (AvgIpc) is 2.79. The summed E-state index contributed by atoms with van der Waals surface area (Å²) in [6, 6.07) is 0. The number of thioether (sulfide) groups is 1. The van der Waals surface area contributed by atoms with Crippen molar-refractivity contribution >= 4 is 24.4 Å². The lowest BCUT2D eigenvalue weighted by Gasteiger charge is -2.12. The van der Waals surface area contributed by atoms with Crippen LogP contribution < -0.4 is 0 Å². The highest BCUT2D eigenvalue weighted by Gasteiger charge is 2.40. The lowest BCUT2D eigenvalue weighted by atomic mass is 10.2. The summed E-state index contributed by atoms with van der Waals surface area (Å²) in [7, 11) is 4.26. The molecule has 0 unspecified atom stereocenters. The van der Waals surface area contributed by atoms with Crippen LogP contribution >= 0.6 is 24.4 Å². The van der Waals surface area contributed by atoms with E-state index in [2.05, 4.69) is 43.4 Å². The summed E-state index contributed by atoms with van der Waals surface area (Å²) in [6.07, 6.45) is 2.82. The minimum absolute atomic E-state index is 0.639. The summed E-state index contributed by atoms with van der Waals surface area (Å²) >= 11 is 6.47. The molecule has 0 aromatic carbocycles. The molecule has 0 spiro atoms. The fraction of sp³-hybridized carbons (Fsp3) is 1.00. The van der Waals surface area contributed by atoms with Crippen LogP contribution in [0, 0.1) is 5.41 Å². The summed E-state index contributed by atoms with van der Waals surface area (Å²) in [6.45, 7) is 1.20. The van der Waals surface area contributed by atoms with E-state index in [9.17, 15) is 0 Å². The van der Waals surface area contributed by atoms with Crippen LogP contribution in [0.3, 0.4) is 0 Å². The highest BCUT2D eigenvalue weighted by atomic mass is 32.2. The van der Waals surface area contributed by atoms with Crippen molar-refractivity contribution in [1.82, 2.24) is 4.90 Å². The summed E-state index contributed by atoms with van der Waals surface area (Å²) in [4.78, 5) is 2.24. The molecule has 1 aliphatic rings. The third-order valence-electron chi connectivity index (χ3n) is 2.38. The van der Waals surface area contributed by atoms with Crippen molar-refractivity contribution in [1.29, 1.82) is 0 Å². The summed E-state index contributed by atoms with van der Waals surface area (Å²) in [5.74, 6) is 3.68. The van der Waals surface area contributed by atoms with Crippen LogP contribution in [0.25, 0.3) is 0 Å². The SMILES string of the molecule is CN(C)CCSCC1(CS)CC1. The molecule has 0 atom stereocenters. The fourth-order valence-electron chi connectivity index (χ4n) is 1.06. The maximum Gasteiger partial charge on any atom is 0.00662 e. The van der Waals surface area contributed by atoms with E-state index in [0.29, 0.717) is 5.41 Å². The Hall–Kier alpha value is 0.660. The van der Waals surface area contributed by atoms with Gasteiger partial charge in [0, 0.05) is 12.3 Å². The Bertz CT molecular complexity index is 132. The van der Waals surface area contributed by atoms with Crippen LogP contribution in [0.5, 0.6) is 0 Å². The Morgan fingerprint density at radius 2 is 2.08 bits per heavy atom. The molecular weight excluding hydrogens is 186 g/mol.